The fourth-order valence-corrected chi connectivity index (χ4v) is 2.56. The van der Waals surface area contributed by atoms with Crippen LogP contribution in [-0.4, -0.2) is 6.18 Å². The Bertz CT molecular complexity index is 166. The normalized spacial score (nSPS) is 30.4. The maximum absolute atomic E-state index is 12.7. The highest BCUT2D eigenvalue weighted by Crippen LogP contribution is 2.48. The maximum atomic E-state index is 12.7. The van der Waals surface area contributed by atoms with Gasteiger partial charge in [0.1, 0.15) is 0 Å². The van der Waals surface area contributed by atoms with E-state index in [4.69, 9.17) is 0 Å². The van der Waals surface area contributed by atoms with Crippen LogP contribution in [0.15, 0.2) is 0 Å². The van der Waals surface area contributed by atoms with Crippen molar-refractivity contribution in [3.63, 3.8) is 0 Å². The lowest BCUT2D eigenvalue weighted by atomic mass is 9.66. The van der Waals surface area contributed by atoms with Gasteiger partial charge in [-0.15, -0.1) is 0 Å². The van der Waals surface area contributed by atoms with E-state index in [2.05, 4.69) is 0 Å². The van der Waals surface area contributed by atoms with E-state index < -0.39 is 12.1 Å². The third kappa shape index (κ3) is 2.64. The summed E-state index contributed by atoms with van der Waals surface area (Å²) in [4.78, 5) is 0. The first-order valence-electron chi connectivity index (χ1n) is 5.29. The van der Waals surface area contributed by atoms with Crippen LogP contribution in [0.2, 0.25) is 0 Å². The molecule has 0 amide bonds. The van der Waals surface area contributed by atoms with Crippen molar-refractivity contribution >= 4 is 0 Å². The van der Waals surface area contributed by atoms with Gasteiger partial charge in [0.2, 0.25) is 0 Å². The molecule has 0 aromatic rings. The van der Waals surface area contributed by atoms with Gasteiger partial charge in [-0.25, -0.2) is 0 Å². The first-order valence-corrected chi connectivity index (χ1v) is 5.29. The van der Waals surface area contributed by atoms with Gasteiger partial charge >= 0.3 is 6.18 Å². The molecule has 0 aromatic heterocycles. The van der Waals surface area contributed by atoms with Crippen LogP contribution in [0.25, 0.3) is 0 Å². The Morgan fingerprint density at radius 3 is 1.57 bits per heavy atom. The van der Waals surface area contributed by atoms with Crippen molar-refractivity contribution < 1.29 is 13.2 Å². The van der Waals surface area contributed by atoms with Crippen molar-refractivity contribution in [1.82, 2.24) is 0 Å². The standard InChI is InChI=1S/C11H19F3/c1-10(2,3)8-6-4-5-7-9(8)11(12,13)14/h8-9H,4-7H2,1-3H3. The summed E-state index contributed by atoms with van der Waals surface area (Å²) < 4.78 is 38.2. The first-order chi connectivity index (χ1) is 6.23. The van der Waals surface area contributed by atoms with Crippen LogP contribution in [0.5, 0.6) is 0 Å². The van der Waals surface area contributed by atoms with Gasteiger partial charge in [-0.05, 0) is 24.2 Å². The second-order valence-corrected chi connectivity index (χ2v) is 5.41. The van der Waals surface area contributed by atoms with Crippen LogP contribution in [0.1, 0.15) is 46.5 Å². The van der Waals surface area contributed by atoms with Gasteiger partial charge in [0.15, 0.2) is 0 Å². The van der Waals surface area contributed by atoms with Gasteiger partial charge in [-0.3, -0.25) is 0 Å². The number of rotatable bonds is 0. The van der Waals surface area contributed by atoms with Gasteiger partial charge in [0, 0.05) is 0 Å². The Morgan fingerprint density at radius 2 is 1.29 bits per heavy atom. The highest BCUT2D eigenvalue weighted by Gasteiger charge is 2.48. The number of halogens is 3. The number of hydrogen-bond acceptors (Lipinski definition) is 0. The smallest absolute Gasteiger partial charge is 0.171 e. The lowest BCUT2D eigenvalue weighted by molar-refractivity contribution is -0.206. The van der Waals surface area contributed by atoms with E-state index in [0.717, 1.165) is 19.3 Å². The molecule has 1 rings (SSSR count). The minimum atomic E-state index is -4.00. The molecule has 2 atom stereocenters. The van der Waals surface area contributed by atoms with Crippen LogP contribution in [-0.2, 0) is 0 Å². The van der Waals surface area contributed by atoms with E-state index in [0.29, 0.717) is 6.42 Å². The van der Waals surface area contributed by atoms with Crippen molar-refractivity contribution in [2.24, 2.45) is 17.3 Å². The Balaban J connectivity index is 2.80. The van der Waals surface area contributed by atoms with Crippen LogP contribution in [0, 0.1) is 17.3 Å². The molecule has 0 aliphatic heterocycles. The summed E-state index contributed by atoms with van der Waals surface area (Å²) in [5, 5.41) is 0. The zero-order valence-electron chi connectivity index (χ0n) is 9.12. The molecule has 14 heavy (non-hydrogen) atoms. The molecule has 84 valence electrons. The number of hydrogen-bond donors (Lipinski definition) is 0. The summed E-state index contributed by atoms with van der Waals surface area (Å²) >= 11 is 0. The summed E-state index contributed by atoms with van der Waals surface area (Å²) in [5.74, 6) is -1.27. The second kappa shape index (κ2) is 3.74. The molecule has 1 aliphatic carbocycles. The Kier molecular flexibility index (Phi) is 3.17. The van der Waals surface area contributed by atoms with Crippen molar-refractivity contribution in [3.8, 4) is 0 Å². The predicted molar refractivity (Wildman–Crippen MR) is 51.0 cm³/mol. The molecule has 0 N–H and O–H groups in total. The van der Waals surface area contributed by atoms with Crippen molar-refractivity contribution in [1.29, 1.82) is 0 Å². The fraction of sp³-hybridized carbons (Fsp3) is 1.00. The molecule has 0 nitrogen and oxygen atoms in total. The molecule has 0 bridgehead atoms. The molecule has 2 unspecified atom stereocenters. The summed E-state index contributed by atoms with van der Waals surface area (Å²) in [6, 6.07) is 0. The molecule has 3 heteroatoms. The van der Waals surface area contributed by atoms with E-state index in [9.17, 15) is 13.2 Å². The Morgan fingerprint density at radius 1 is 0.857 bits per heavy atom. The van der Waals surface area contributed by atoms with Gasteiger partial charge in [0.05, 0.1) is 5.92 Å². The minimum absolute atomic E-state index is 0.198. The third-order valence-corrected chi connectivity index (χ3v) is 3.30. The maximum Gasteiger partial charge on any atom is 0.392 e. The summed E-state index contributed by atoms with van der Waals surface area (Å²) in [6.45, 7) is 5.76. The third-order valence-electron chi connectivity index (χ3n) is 3.30. The van der Waals surface area contributed by atoms with Crippen molar-refractivity contribution in [2.45, 2.75) is 52.6 Å². The molecule has 0 radical (unpaired) electrons. The van der Waals surface area contributed by atoms with E-state index in [1.165, 1.54) is 0 Å². The lowest BCUT2D eigenvalue weighted by Crippen LogP contribution is -2.39. The van der Waals surface area contributed by atoms with Crippen molar-refractivity contribution in [2.75, 3.05) is 0 Å². The Labute approximate surface area is 83.9 Å². The van der Waals surface area contributed by atoms with Gasteiger partial charge < -0.3 is 0 Å². The molecule has 1 saturated carbocycles. The summed E-state index contributed by atoms with van der Waals surface area (Å²) in [7, 11) is 0. The predicted octanol–water partition coefficient (Wildman–Crippen LogP) is 4.40. The zero-order chi connectivity index (χ0) is 11.0. The minimum Gasteiger partial charge on any atom is -0.171 e. The van der Waals surface area contributed by atoms with Crippen LogP contribution in [0.3, 0.4) is 0 Å². The molecule has 0 spiro atoms. The molecule has 0 heterocycles. The SMILES string of the molecule is CC(C)(C)C1CCCCC1C(F)(F)F. The summed E-state index contributed by atoms with van der Waals surface area (Å²) in [5.41, 5.74) is -0.222. The van der Waals surface area contributed by atoms with E-state index in [1.807, 2.05) is 20.8 Å². The lowest BCUT2D eigenvalue weighted by Gasteiger charge is -2.41. The van der Waals surface area contributed by atoms with Crippen LogP contribution >= 0.6 is 0 Å². The molecular weight excluding hydrogens is 189 g/mol. The average Bonchev–Trinajstić information content (AvgIpc) is 2.01. The largest absolute Gasteiger partial charge is 0.392 e. The fourth-order valence-electron chi connectivity index (χ4n) is 2.56. The molecule has 0 saturated heterocycles. The van der Waals surface area contributed by atoms with Gasteiger partial charge in [0.25, 0.3) is 0 Å². The molecular formula is C11H19F3. The molecule has 1 aliphatic rings. The van der Waals surface area contributed by atoms with Crippen LogP contribution < -0.4 is 0 Å². The second-order valence-electron chi connectivity index (χ2n) is 5.41. The highest BCUT2D eigenvalue weighted by molar-refractivity contribution is 4.87. The molecule has 0 aromatic carbocycles. The van der Waals surface area contributed by atoms with E-state index in [-0.39, 0.29) is 11.3 Å². The van der Waals surface area contributed by atoms with Crippen molar-refractivity contribution in [3.05, 3.63) is 0 Å². The van der Waals surface area contributed by atoms with Gasteiger partial charge in [-0.2, -0.15) is 13.2 Å². The number of alkyl halides is 3. The highest BCUT2D eigenvalue weighted by atomic mass is 19.4. The summed E-state index contributed by atoms with van der Waals surface area (Å²) in [6.07, 6.45) is -1.26. The monoisotopic (exact) mass is 208 g/mol. The average molecular weight is 208 g/mol. The topological polar surface area (TPSA) is 0 Å². The molecule has 1 fully saturated rings. The quantitative estimate of drug-likeness (QED) is 0.553. The first kappa shape index (κ1) is 11.9. The van der Waals surface area contributed by atoms with E-state index in [1.54, 1.807) is 0 Å². The Hall–Kier alpha value is -0.210. The van der Waals surface area contributed by atoms with Crippen LogP contribution in [0.4, 0.5) is 13.2 Å². The van der Waals surface area contributed by atoms with Gasteiger partial charge in [-0.1, -0.05) is 33.6 Å². The van der Waals surface area contributed by atoms with E-state index >= 15 is 0 Å². The zero-order valence-corrected chi connectivity index (χ0v) is 9.12.